The van der Waals surface area contributed by atoms with Gasteiger partial charge in [0.25, 0.3) is 5.91 Å². The van der Waals surface area contributed by atoms with Gasteiger partial charge in [0.1, 0.15) is 11.6 Å². The normalized spacial score (nSPS) is 21.0. The maximum atomic E-state index is 12.5. The summed E-state index contributed by atoms with van der Waals surface area (Å²) in [6, 6.07) is 4.12. The number of nitrogens with one attached hydrogen (secondary N) is 1. The molecule has 1 unspecified atom stereocenters. The standard InChI is InChI=1S/C23H35N5O2/c1-18-14-20(19(2)28(18)17-22-6-4-13-30-22)15-21(16-24)23(29)25-7-5-8-27-11-9-26(3)10-12-27/h14-15,22H,4-13,17H2,1-3H3,(H,25,29)/b21-15+. The van der Waals surface area contributed by atoms with Crippen molar-refractivity contribution in [2.75, 3.05) is 52.9 Å². The zero-order chi connectivity index (χ0) is 21.5. The lowest BCUT2D eigenvalue weighted by Gasteiger charge is -2.32. The lowest BCUT2D eigenvalue weighted by Crippen LogP contribution is -2.45. The van der Waals surface area contributed by atoms with Crippen LogP contribution in [0.25, 0.3) is 6.08 Å². The average Bonchev–Trinajstić information content (AvgIpc) is 3.34. The molecule has 2 aliphatic heterocycles. The molecule has 2 fully saturated rings. The van der Waals surface area contributed by atoms with Crippen LogP contribution in [0, 0.1) is 25.2 Å². The molecule has 1 atom stereocenters. The maximum Gasteiger partial charge on any atom is 0.261 e. The smallest absolute Gasteiger partial charge is 0.261 e. The van der Waals surface area contributed by atoms with Gasteiger partial charge in [0.05, 0.1) is 6.10 Å². The summed E-state index contributed by atoms with van der Waals surface area (Å²) in [4.78, 5) is 17.3. The van der Waals surface area contributed by atoms with E-state index >= 15 is 0 Å². The van der Waals surface area contributed by atoms with Crippen molar-refractivity contribution in [2.45, 2.75) is 45.8 Å². The van der Waals surface area contributed by atoms with Crippen LogP contribution in [-0.4, -0.2) is 79.3 Å². The number of nitrogens with zero attached hydrogens (tertiary/aromatic N) is 4. The van der Waals surface area contributed by atoms with E-state index in [4.69, 9.17) is 4.74 Å². The number of piperazine rings is 1. The zero-order valence-electron chi connectivity index (χ0n) is 18.6. The van der Waals surface area contributed by atoms with Gasteiger partial charge in [-0.3, -0.25) is 4.79 Å². The molecule has 0 bridgehead atoms. The SMILES string of the molecule is Cc1cc(/C=C(\C#N)C(=O)NCCCN2CCN(C)CC2)c(C)n1CC1CCCO1. The first-order valence-corrected chi connectivity index (χ1v) is 11.1. The van der Waals surface area contributed by atoms with E-state index in [1.165, 1.54) is 0 Å². The molecule has 0 aliphatic carbocycles. The van der Waals surface area contributed by atoms with Crippen molar-refractivity contribution in [2.24, 2.45) is 0 Å². The highest BCUT2D eigenvalue weighted by Crippen LogP contribution is 2.22. The van der Waals surface area contributed by atoms with E-state index in [1.807, 2.05) is 13.0 Å². The molecule has 0 aromatic carbocycles. The van der Waals surface area contributed by atoms with E-state index in [-0.39, 0.29) is 17.6 Å². The number of aryl methyl sites for hydroxylation is 1. The molecule has 3 rings (SSSR count). The van der Waals surface area contributed by atoms with Gasteiger partial charge in [0.2, 0.25) is 0 Å². The van der Waals surface area contributed by atoms with E-state index in [2.05, 4.69) is 39.7 Å². The van der Waals surface area contributed by atoms with Gasteiger partial charge in [0.15, 0.2) is 0 Å². The minimum absolute atomic E-state index is 0.159. The lowest BCUT2D eigenvalue weighted by molar-refractivity contribution is -0.117. The third-order valence-corrected chi connectivity index (χ3v) is 6.22. The van der Waals surface area contributed by atoms with E-state index in [1.54, 1.807) is 6.08 Å². The Balaban J connectivity index is 1.53. The van der Waals surface area contributed by atoms with Gasteiger partial charge in [-0.05, 0) is 64.4 Å². The Kier molecular flexibility index (Phi) is 8.08. The summed E-state index contributed by atoms with van der Waals surface area (Å²) >= 11 is 0. The molecule has 7 heteroatoms. The molecule has 1 amide bonds. The molecule has 1 N–H and O–H groups in total. The van der Waals surface area contributed by atoms with E-state index < -0.39 is 0 Å². The second-order valence-corrected chi connectivity index (χ2v) is 8.50. The van der Waals surface area contributed by atoms with Crippen molar-refractivity contribution in [1.29, 1.82) is 5.26 Å². The summed E-state index contributed by atoms with van der Waals surface area (Å²) in [7, 11) is 2.15. The lowest BCUT2D eigenvalue weighted by atomic mass is 10.1. The fourth-order valence-corrected chi connectivity index (χ4v) is 4.22. The van der Waals surface area contributed by atoms with Crippen LogP contribution in [0.3, 0.4) is 0 Å². The Morgan fingerprint density at radius 3 is 2.77 bits per heavy atom. The van der Waals surface area contributed by atoms with Crippen LogP contribution in [-0.2, 0) is 16.1 Å². The number of ether oxygens (including phenoxy) is 1. The number of amides is 1. The number of rotatable bonds is 8. The first-order valence-electron chi connectivity index (χ1n) is 11.1. The quantitative estimate of drug-likeness (QED) is 0.401. The third kappa shape index (κ3) is 5.94. The molecule has 30 heavy (non-hydrogen) atoms. The van der Waals surface area contributed by atoms with Crippen molar-refractivity contribution in [3.8, 4) is 6.07 Å². The Labute approximate surface area is 180 Å². The number of hydrogen-bond acceptors (Lipinski definition) is 5. The van der Waals surface area contributed by atoms with Crippen LogP contribution >= 0.6 is 0 Å². The van der Waals surface area contributed by atoms with Gasteiger partial charge in [-0.15, -0.1) is 0 Å². The van der Waals surface area contributed by atoms with Gasteiger partial charge >= 0.3 is 0 Å². The summed E-state index contributed by atoms with van der Waals surface area (Å²) < 4.78 is 7.99. The van der Waals surface area contributed by atoms with Crippen molar-refractivity contribution < 1.29 is 9.53 Å². The molecule has 2 aliphatic rings. The van der Waals surface area contributed by atoms with Gasteiger partial charge in [-0.1, -0.05) is 0 Å². The highest BCUT2D eigenvalue weighted by molar-refractivity contribution is 6.01. The summed E-state index contributed by atoms with van der Waals surface area (Å²) in [6.45, 7) is 11.7. The molecule has 164 valence electrons. The van der Waals surface area contributed by atoms with Gasteiger partial charge < -0.3 is 24.4 Å². The van der Waals surface area contributed by atoms with Crippen molar-refractivity contribution >= 4 is 12.0 Å². The predicted octanol–water partition coefficient (Wildman–Crippen LogP) is 1.94. The molecular weight excluding hydrogens is 378 g/mol. The largest absolute Gasteiger partial charge is 0.376 e. The van der Waals surface area contributed by atoms with Crippen LogP contribution in [0.15, 0.2) is 11.6 Å². The third-order valence-electron chi connectivity index (χ3n) is 6.22. The van der Waals surface area contributed by atoms with Crippen LogP contribution in [0.4, 0.5) is 0 Å². The summed E-state index contributed by atoms with van der Waals surface area (Å²) in [5, 5.41) is 12.4. The molecule has 3 heterocycles. The maximum absolute atomic E-state index is 12.5. The van der Waals surface area contributed by atoms with Crippen LogP contribution < -0.4 is 5.32 Å². The second kappa shape index (κ2) is 10.8. The number of carbonyl (C=O) groups excluding carboxylic acids is 1. The topological polar surface area (TPSA) is 73.5 Å². The minimum Gasteiger partial charge on any atom is -0.376 e. The van der Waals surface area contributed by atoms with Crippen molar-refractivity contribution in [1.82, 2.24) is 19.7 Å². The summed E-state index contributed by atoms with van der Waals surface area (Å²) in [5.74, 6) is -0.292. The monoisotopic (exact) mass is 413 g/mol. The van der Waals surface area contributed by atoms with E-state index in [0.717, 1.165) is 82.1 Å². The van der Waals surface area contributed by atoms with Gasteiger partial charge in [-0.2, -0.15) is 5.26 Å². The highest BCUT2D eigenvalue weighted by Gasteiger charge is 2.19. The molecule has 1 aromatic rings. The van der Waals surface area contributed by atoms with Crippen molar-refractivity contribution in [3.63, 3.8) is 0 Å². The molecular formula is C23H35N5O2. The Hall–Kier alpha value is -2.14. The Morgan fingerprint density at radius 1 is 1.33 bits per heavy atom. The number of hydrogen-bond donors (Lipinski definition) is 1. The van der Waals surface area contributed by atoms with Crippen molar-refractivity contribution in [3.05, 3.63) is 28.6 Å². The molecule has 7 nitrogen and oxygen atoms in total. The molecule has 0 radical (unpaired) electrons. The Bertz CT molecular complexity index is 793. The second-order valence-electron chi connectivity index (χ2n) is 8.50. The number of nitriles is 1. The summed E-state index contributed by atoms with van der Waals surface area (Å²) in [5.41, 5.74) is 3.28. The average molecular weight is 414 g/mol. The molecule has 0 saturated carbocycles. The highest BCUT2D eigenvalue weighted by atomic mass is 16.5. The predicted molar refractivity (Wildman–Crippen MR) is 118 cm³/mol. The molecule has 1 aromatic heterocycles. The minimum atomic E-state index is -0.292. The first-order chi connectivity index (χ1) is 14.5. The fourth-order valence-electron chi connectivity index (χ4n) is 4.22. The number of aromatic nitrogens is 1. The van der Waals surface area contributed by atoms with E-state index in [0.29, 0.717) is 6.54 Å². The van der Waals surface area contributed by atoms with Crippen LogP contribution in [0.1, 0.15) is 36.2 Å². The molecule has 2 saturated heterocycles. The Morgan fingerprint density at radius 2 is 2.10 bits per heavy atom. The number of carbonyl (C=O) groups is 1. The first kappa shape index (κ1) is 22.5. The van der Waals surface area contributed by atoms with Gasteiger partial charge in [0, 0.05) is 57.3 Å². The van der Waals surface area contributed by atoms with Crippen LogP contribution in [0.5, 0.6) is 0 Å². The molecule has 0 spiro atoms. The van der Waals surface area contributed by atoms with Crippen LogP contribution in [0.2, 0.25) is 0 Å². The zero-order valence-corrected chi connectivity index (χ0v) is 18.6. The fraction of sp³-hybridized carbons (Fsp3) is 0.652. The van der Waals surface area contributed by atoms with Gasteiger partial charge in [-0.25, -0.2) is 0 Å². The number of likely N-dealkylation sites (N-methyl/N-ethyl adjacent to an activating group) is 1. The summed E-state index contributed by atoms with van der Waals surface area (Å²) in [6.07, 6.45) is 5.06. The van der Waals surface area contributed by atoms with E-state index in [9.17, 15) is 10.1 Å².